The molecule has 1 amide bonds. The van der Waals surface area contributed by atoms with Crippen LogP contribution in [-0.2, 0) is 4.79 Å². The van der Waals surface area contributed by atoms with Crippen LogP contribution in [0.4, 0.5) is 8.78 Å². The van der Waals surface area contributed by atoms with Gasteiger partial charge in [-0.3, -0.25) is 9.69 Å². The molecule has 1 aliphatic carbocycles. The van der Waals surface area contributed by atoms with E-state index in [0.29, 0.717) is 13.1 Å². The number of alkyl halides is 2. The molecule has 2 unspecified atom stereocenters. The number of hydrogen-bond donors (Lipinski definition) is 2. The normalized spacial score (nSPS) is 30.4. The third-order valence-corrected chi connectivity index (χ3v) is 4.42. The first-order chi connectivity index (χ1) is 9.52. The Morgan fingerprint density at radius 2 is 2.15 bits per heavy atom. The van der Waals surface area contributed by atoms with E-state index in [1.54, 1.807) is 0 Å². The largest absolute Gasteiger partial charge is 0.395 e. The summed E-state index contributed by atoms with van der Waals surface area (Å²) >= 11 is 0. The molecule has 116 valence electrons. The van der Waals surface area contributed by atoms with E-state index in [2.05, 4.69) is 10.2 Å². The lowest BCUT2D eigenvalue weighted by Crippen LogP contribution is -2.48. The summed E-state index contributed by atoms with van der Waals surface area (Å²) in [6.07, 6.45) is 3.00. The van der Waals surface area contributed by atoms with Gasteiger partial charge in [0.15, 0.2) is 0 Å². The van der Waals surface area contributed by atoms with E-state index >= 15 is 0 Å². The van der Waals surface area contributed by atoms with E-state index in [4.69, 9.17) is 5.11 Å². The van der Waals surface area contributed by atoms with Crippen molar-refractivity contribution >= 4 is 5.91 Å². The van der Waals surface area contributed by atoms with Crippen LogP contribution < -0.4 is 5.32 Å². The number of carbonyl (C=O) groups is 1. The van der Waals surface area contributed by atoms with Gasteiger partial charge in [-0.2, -0.15) is 0 Å². The van der Waals surface area contributed by atoms with Gasteiger partial charge in [0.05, 0.1) is 6.61 Å². The van der Waals surface area contributed by atoms with Crippen molar-refractivity contribution in [3.05, 3.63) is 0 Å². The van der Waals surface area contributed by atoms with Crippen molar-refractivity contribution in [3.8, 4) is 0 Å². The number of aliphatic hydroxyl groups is 1. The number of amides is 1. The molecule has 4 nitrogen and oxygen atoms in total. The standard InChI is InChI=1S/C14H24F2N2O2/c15-14(16)5-4-11(9-14)13(20)17-10-12-3-1-2-6-18(12)7-8-19/h11-12,19H,1-10H2,(H,17,20). The number of rotatable bonds is 5. The lowest BCUT2D eigenvalue weighted by atomic mass is 10.0. The molecular formula is C14H24F2N2O2. The van der Waals surface area contributed by atoms with Gasteiger partial charge in [-0.15, -0.1) is 0 Å². The van der Waals surface area contributed by atoms with Gasteiger partial charge in [-0.25, -0.2) is 8.78 Å². The fourth-order valence-electron chi connectivity index (χ4n) is 3.25. The summed E-state index contributed by atoms with van der Waals surface area (Å²) < 4.78 is 26.2. The molecule has 2 rings (SSSR count). The van der Waals surface area contributed by atoms with Gasteiger partial charge in [-0.05, 0) is 25.8 Å². The lowest BCUT2D eigenvalue weighted by Gasteiger charge is -2.35. The second-order valence-corrected chi connectivity index (χ2v) is 5.95. The van der Waals surface area contributed by atoms with Gasteiger partial charge < -0.3 is 10.4 Å². The van der Waals surface area contributed by atoms with Crippen molar-refractivity contribution in [3.63, 3.8) is 0 Å². The Labute approximate surface area is 118 Å². The summed E-state index contributed by atoms with van der Waals surface area (Å²) in [7, 11) is 0. The third kappa shape index (κ3) is 4.12. The molecule has 0 bridgehead atoms. The first-order valence-electron chi connectivity index (χ1n) is 7.52. The maximum absolute atomic E-state index is 13.1. The fraction of sp³-hybridized carbons (Fsp3) is 0.929. The molecule has 2 fully saturated rings. The van der Waals surface area contributed by atoms with E-state index in [1.807, 2.05) is 0 Å². The molecule has 1 heterocycles. The number of nitrogens with one attached hydrogen (secondary N) is 1. The van der Waals surface area contributed by atoms with E-state index < -0.39 is 11.8 Å². The highest BCUT2D eigenvalue weighted by Gasteiger charge is 2.42. The number of likely N-dealkylation sites (tertiary alicyclic amines) is 1. The molecule has 0 radical (unpaired) electrons. The van der Waals surface area contributed by atoms with Gasteiger partial charge in [0.2, 0.25) is 11.8 Å². The fourth-order valence-corrected chi connectivity index (χ4v) is 3.25. The average molecular weight is 290 g/mol. The summed E-state index contributed by atoms with van der Waals surface area (Å²) in [6.45, 7) is 2.16. The summed E-state index contributed by atoms with van der Waals surface area (Å²) in [4.78, 5) is 14.1. The molecule has 1 saturated carbocycles. The van der Waals surface area contributed by atoms with Crippen molar-refractivity contribution in [1.82, 2.24) is 10.2 Å². The molecule has 2 atom stereocenters. The maximum Gasteiger partial charge on any atom is 0.248 e. The van der Waals surface area contributed by atoms with E-state index in [0.717, 1.165) is 25.8 Å². The van der Waals surface area contributed by atoms with Crippen LogP contribution in [0.3, 0.4) is 0 Å². The number of halogens is 2. The van der Waals surface area contributed by atoms with E-state index in [9.17, 15) is 13.6 Å². The van der Waals surface area contributed by atoms with Gasteiger partial charge in [0.1, 0.15) is 0 Å². The van der Waals surface area contributed by atoms with Crippen LogP contribution >= 0.6 is 0 Å². The Hall–Kier alpha value is -0.750. The number of nitrogens with zero attached hydrogens (tertiary/aromatic N) is 1. The Kier molecular flexibility index (Phi) is 5.32. The summed E-state index contributed by atoms with van der Waals surface area (Å²) in [5.41, 5.74) is 0. The highest BCUT2D eigenvalue weighted by molar-refractivity contribution is 5.79. The Morgan fingerprint density at radius 1 is 1.35 bits per heavy atom. The summed E-state index contributed by atoms with van der Waals surface area (Å²) in [6, 6.07) is 0.224. The van der Waals surface area contributed by atoms with Gasteiger partial charge in [0.25, 0.3) is 0 Å². The van der Waals surface area contributed by atoms with Crippen LogP contribution in [0.1, 0.15) is 38.5 Å². The number of aliphatic hydroxyl groups excluding tert-OH is 1. The van der Waals surface area contributed by atoms with Crippen LogP contribution in [0.2, 0.25) is 0 Å². The number of carbonyl (C=O) groups excluding carboxylic acids is 1. The number of β-amino-alcohol motifs (C(OH)–C–C–N with tert-alkyl or cyclic N) is 1. The minimum Gasteiger partial charge on any atom is -0.395 e. The molecule has 1 saturated heterocycles. The first-order valence-corrected chi connectivity index (χ1v) is 7.52. The molecule has 0 aromatic rings. The van der Waals surface area contributed by atoms with E-state index in [1.165, 1.54) is 0 Å². The topological polar surface area (TPSA) is 52.6 Å². The Balaban J connectivity index is 1.77. The second kappa shape index (κ2) is 6.80. The minimum atomic E-state index is -2.67. The predicted octanol–water partition coefficient (Wildman–Crippen LogP) is 1.38. The van der Waals surface area contributed by atoms with Crippen LogP contribution in [0.15, 0.2) is 0 Å². The van der Waals surface area contributed by atoms with Crippen LogP contribution in [0.5, 0.6) is 0 Å². The monoisotopic (exact) mass is 290 g/mol. The van der Waals surface area contributed by atoms with Crippen LogP contribution in [0, 0.1) is 5.92 Å². The van der Waals surface area contributed by atoms with Crippen molar-refractivity contribution in [2.45, 2.75) is 50.5 Å². The summed E-state index contributed by atoms with van der Waals surface area (Å²) in [5.74, 6) is -3.45. The molecule has 0 aromatic heterocycles. The number of hydrogen-bond acceptors (Lipinski definition) is 3. The molecule has 2 N–H and O–H groups in total. The molecule has 20 heavy (non-hydrogen) atoms. The second-order valence-electron chi connectivity index (χ2n) is 5.95. The van der Waals surface area contributed by atoms with Gasteiger partial charge in [-0.1, -0.05) is 6.42 Å². The molecule has 1 aliphatic heterocycles. The van der Waals surface area contributed by atoms with Crippen molar-refractivity contribution in [2.24, 2.45) is 5.92 Å². The third-order valence-electron chi connectivity index (χ3n) is 4.42. The SMILES string of the molecule is O=C(NCC1CCCCN1CCO)C1CCC(F)(F)C1. The first kappa shape index (κ1) is 15.6. The molecule has 0 spiro atoms. The zero-order valence-corrected chi connectivity index (χ0v) is 11.8. The van der Waals surface area contributed by atoms with Crippen molar-refractivity contribution in [2.75, 3.05) is 26.2 Å². The highest BCUT2D eigenvalue weighted by atomic mass is 19.3. The highest BCUT2D eigenvalue weighted by Crippen LogP contribution is 2.38. The molecule has 2 aliphatic rings. The lowest BCUT2D eigenvalue weighted by molar-refractivity contribution is -0.126. The van der Waals surface area contributed by atoms with Crippen LogP contribution in [0.25, 0.3) is 0 Å². The quantitative estimate of drug-likeness (QED) is 0.804. The minimum absolute atomic E-state index is 0.110. The predicted molar refractivity (Wildman–Crippen MR) is 71.6 cm³/mol. The molecule has 6 heteroatoms. The van der Waals surface area contributed by atoms with Crippen molar-refractivity contribution < 1.29 is 18.7 Å². The smallest absolute Gasteiger partial charge is 0.248 e. The Bertz CT molecular complexity index is 337. The van der Waals surface area contributed by atoms with Crippen LogP contribution in [-0.4, -0.2) is 54.1 Å². The zero-order chi connectivity index (χ0) is 14.6. The molecule has 0 aromatic carbocycles. The number of piperidine rings is 1. The van der Waals surface area contributed by atoms with E-state index in [-0.39, 0.29) is 37.8 Å². The average Bonchev–Trinajstić information content (AvgIpc) is 2.78. The van der Waals surface area contributed by atoms with Gasteiger partial charge in [0, 0.05) is 37.9 Å². The van der Waals surface area contributed by atoms with Gasteiger partial charge >= 0.3 is 0 Å². The molecular weight excluding hydrogens is 266 g/mol. The maximum atomic E-state index is 13.1. The zero-order valence-electron chi connectivity index (χ0n) is 11.8. The summed E-state index contributed by atoms with van der Waals surface area (Å²) in [5, 5.41) is 11.9. The van der Waals surface area contributed by atoms with Crippen molar-refractivity contribution in [1.29, 1.82) is 0 Å². The Morgan fingerprint density at radius 3 is 2.80 bits per heavy atom.